The van der Waals surface area contributed by atoms with Gasteiger partial charge in [0.2, 0.25) is 10.0 Å². The van der Waals surface area contributed by atoms with Crippen LogP contribution in [0.5, 0.6) is 0 Å². The zero-order chi connectivity index (χ0) is 29.0. The van der Waals surface area contributed by atoms with Crippen molar-refractivity contribution >= 4 is 49.9 Å². The SMILES string of the molecule is O=C(NOCC1CC1)c1cc(S(=O)(=O)NC(c2cccnc2)c2cccnc2)c(F)c(F)c1Nc1ccc(I)cc1. The quantitative estimate of drug-likeness (QED) is 0.145. The second-order valence-electron chi connectivity index (χ2n) is 9.37. The first-order chi connectivity index (χ1) is 19.7. The van der Waals surface area contributed by atoms with Crippen LogP contribution in [0.15, 0.2) is 84.3 Å². The summed E-state index contributed by atoms with van der Waals surface area (Å²) in [5.41, 5.74) is 2.46. The van der Waals surface area contributed by atoms with Gasteiger partial charge in [0.1, 0.15) is 4.90 Å². The minimum absolute atomic E-state index is 0.250. The Bertz CT molecular complexity index is 1600. The number of halogens is 3. The van der Waals surface area contributed by atoms with Crippen LogP contribution in [-0.4, -0.2) is 30.9 Å². The summed E-state index contributed by atoms with van der Waals surface area (Å²) in [5.74, 6) is -3.83. The molecule has 1 fully saturated rings. The highest BCUT2D eigenvalue weighted by atomic mass is 127. The maximum atomic E-state index is 15.6. The summed E-state index contributed by atoms with van der Waals surface area (Å²) in [6.07, 6.45) is 7.85. The fourth-order valence-electron chi connectivity index (χ4n) is 3.98. The van der Waals surface area contributed by atoms with E-state index in [0.29, 0.717) is 22.7 Å². The van der Waals surface area contributed by atoms with Gasteiger partial charge in [0, 0.05) is 34.0 Å². The highest BCUT2D eigenvalue weighted by Gasteiger charge is 2.32. The molecule has 13 heteroatoms. The van der Waals surface area contributed by atoms with Crippen LogP contribution in [0.3, 0.4) is 0 Å². The predicted molar refractivity (Wildman–Crippen MR) is 156 cm³/mol. The molecule has 1 amide bonds. The van der Waals surface area contributed by atoms with E-state index in [1.165, 1.54) is 24.8 Å². The number of hydrogen-bond acceptors (Lipinski definition) is 7. The fourth-order valence-corrected chi connectivity index (χ4v) is 5.65. The van der Waals surface area contributed by atoms with Gasteiger partial charge in [-0.15, -0.1) is 0 Å². The molecule has 0 bridgehead atoms. The number of amides is 1. The van der Waals surface area contributed by atoms with Gasteiger partial charge in [0.05, 0.1) is 23.9 Å². The first-order valence-electron chi connectivity index (χ1n) is 12.5. The molecule has 9 nitrogen and oxygen atoms in total. The molecular formula is C28H24F2IN5O4S. The van der Waals surface area contributed by atoms with Crippen molar-refractivity contribution in [2.75, 3.05) is 11.9 Å². The molecule has 1 saturated carbocycles. The third-order valence-electron chi connectivity index (χ3n) is 6.31. The Labute approximate surface area is 248 Å². The molecule has 5 rings (SSSR count). The summed E-state index contributed by atoms with van der Waals surface area (Å²) in [4.78, 5) is 25.4. The molecule has 0 atom stereocenters. The van der Waals surface area contributed by atoms with Crippen LogP contribution in [0.25, 0.3) is 0 Å². The molecular weight excluding hydrogens is 667 g/mol. The summed E-state index contributed by atoms with van der Waals surface area (Å²) < 4.78 is 61.8. The highest BCUT2D eigenvalue weighted by molar-refractivity contribution is 14.1. The molecule has 0 aliphatic heterocycles. The molecule has 41 heavy (non-hydrogen) atoms. The van der Waals surface area contributed by atoms with E-state index in [-0.39, 0.29) is 6.61 Å². The molecule has 0 spiro atoms. The lowest BCUT2D eigenvalue weighted by Gasteiger charge is -2.21. The lowest BCUT2D eigenvalue weighted by Crippen LogP contribution is -2.31. The second-order valence-corrected chi connectivity index (χ2v) is 12.3. The van der Waals surface area contributed by atoms with Crippen LogP contribution in [0.2, 0.25) is 0 Å². The number of carbonyl (C=O) groups is 1. The molecule has 0 radical (unpaired) electrons. The molecule has 212 valence electrons. The molecule has 2 aromatic heterocycles. The Morgan fingerprint density at radius 1 is 1.00 bits per heavy atom. The summed E-state index contributed by atoms with van der Waals surface area (Å²) in [6.45, 7) is 0.250. The molecule has 2 aromatic carbocycles. The standard InChI is InChI=1S/C28H24F2IN5O4S/c29-24-23(41(38,39)36-26(18-3-1-11-32-14-18)19-4-2-12-33-15-19)13-22(28(37)35-40-16-17-5-6-17)27(25(24)30)34-21-9-7-20(31)8-10-21/h1-4,7-15,17,26,34,36H,5-6,16H2,(H,35,37). The van der Waals surface area contributed by atoms with E-state index in [2.05, 4.69) is 48.1 Å². The molecule has 2 heterocycles. The van der Waals surface area contributed by atoms with Crippen molar-refractivity contribution in [2.24, 2.45) is 5.92 Å². The zero-order valence-corrected chi connectivity index (χ0v) is 24.3. The van der Waals surface area contributed by atoms with E-state index < -0.39 is 49.8 Å². The third kappa shape index (κ3) is 7.04. The minimum atomic E-state index is -4.75. The fraction of sp³-hybridized carbons (Fsp3) is 0.179. The summed E-state index contributed by atoms with van der Waals surface area (Å²) in [5, 5.41) is 2.71. The Kier molecular flexibility index (Phi) is 8.87. The largest absolute Gasteiger partial charge is 0.352 e. The van der Waals surface area contributed by atoms with Crippen molar-refractivity contribution < 1.29 is 26.8 Å². The molecule has 0 saturated heterocycles. The Morgan fingerprint density at radius 3 is 2.20 bits per heavy atom. The van der Waals surface area contributed by atoms with Crippen LogP contribution < -0.4 is 15.5 Å². The molecule has 1 aliphatic rings. The van der Waals surface area contributed by atoms with Crippen LogP contribution >= 0.6 is 22.6 Å². The van der Waals surface area contributed by atoms with Gasteiger partial charge in [-0.3, -0.25) is 19.6 Å². The van der Waals surface area contributed by atoms with Crippen molar-refractivity contribution in [3.05, 3.63) is 111 Å². The number of sulfonamides is 1. The first kappa shape index (κ1) is 29.0. The number of nitrogens with one attached hydrogen (secondary N) is 3. The molecule has 0 unspecified atom stereocenters. The monoisotopic (exact) mass is 691 g/mol. The van der Waals surface area contributed by atoms with Gasteiger partial charge in [-0.05, 0) is 94.9 Å². The van der Waals surface area contributed by atoms with Crippen LogP contribution in [0.4, 0.5) is 20.2 Å². The number of rotatable bonds is 11. The van der Waals surface area contributed by atoms with E-state index in [0.717, 1.165) is 22.5 Å². The normalized spacial score (nSPS) is 13.3. The number of hydroxylamine groups is 1. The molecule has 1 aliphatic carbocycles. The minimum Gasteiger partial charge on any atom is -0.352 e. The number of anilines is 2. The predicted octanol–water partition coefficient (Wildman–Crippen LogP) is 5.24. The van der Waals surface area contributed by atoms with Crippen LogP contribution in [-0.2, 0) is 14.9 Å². The zero-order valence-electron chi connectivity index (χ0n) is 21.4. The van der Waals surface area contributed by atoms with E-state index >= 15 is 8.78 Å². The topological polar surface area (TPSA) is 122 Å². The van der Waals surface area contributed by atoms with E-state index in [1.807, 2.05) is 0 Å². The van der Waals surface area contributed by atoms with Gasteiger partial charge in [-0.25, -0.2) is 22.7 Å². The number of carbonyl (C=O) groups excluding carboxylic acids is 1. The first-order valence-corrected chi connectivity index (χ1v) is 15.1. The molecule has 4 aromatic rings. The van der Waals surface area contributed by atoms with Gasteiger partial charge in [-0.2, -0.15) is 4.72 Å². The third-order valence-corrected chi connectivity index (χ3v) is 8.45. The summed E-state index contributed by atoms with van der Waals surface area (Å²) in [7, 11) is -4.75. The number of pyridine rings is 2. The Balaban J connectivity index is 1.55. The van der Waals surface area contributed by atoms with Crippen LogP contribution in [0.1, 0.15) is 40.4 Å². The van der Waals surface area contributed by atoms with Gasteiger partial charge in [-0.1, -0.05) is 12.1 Å². The van der Waals surface area contributed by atoms with Crippen molar-refractivity contribution in [3.63, 3.8) is 0 Å². The van der Waals surface area contributed by atoms with E-state index in [4.69, 9.17) is 4.84 Å². The van der Waals surface area contributed by atoms with Gasteiger partial charge >= 0.3 is 0 Å². The van der Waals surface area contributed by atoms with E-state index in [1.54, 1.807) is 48.5 Å². The summed E-state index contributed by atoms with van der Waals surface area (Å²) >= 11 is 2.09. The Hall–Kier alpha value is -3.53. The maximum absolute atomic E-state index is 15.6. The van der Waals surface area contributed by atoms with Gasteiger partial charge in [0.25, 0.3) is 5.91 Å². The van der Waals surface area contributed by atoms with Crippen LogP contribution in [0, 0.1) is 21.1 Å². The van der Waals surface area contributed by atoms with Gasteiger partial charge < -0.3 is 5.32 Å². The highest BCUT2D eigenvalue weighted by Crippen LogP contribution is 2.33. The second kappa shape index (κ2) is 12.5. The number of nitrogens with zero attached hydrogens (tertiary/aromatic N) is 2. The smallest absolute Gasteiger partial charge is 0.277 e. The molecule has 3 N–H and O–H groups in total. The lowest BCUT2D eigenvalue weighted by atomic mass is 10.0. The maximum Gasteiger partial charge on any atom is 0.277 e. The average Bonchev–Trinajstić information content (AvgIpc) is 3.81. The van der Waals surface area contributed by atoms with E-state index in [9.17, 15) is 13.2 Å². The van der Waals surface area contributed by atoms with Crippen molar-refractivity contribution in [3.8, 4) is 0 Å². The Morgan fingerprint density at radius 2 is 1.63 bits per heavy atom. The van der Waals surface area contributed by atoms with Gasteiger partial charge in [0.15, 0.2) is 11.6 Å². The number of hydrogen-bond donors (Lipinski definition) is 3. The average molecular weight is 691 g/mol. The van der Waals surface area contributed by atoms with Crippen molar-refractivity contribution in [1.82, 2.24) is 20.2 Å². The lowest BCUT2D eigenvalue weighted by molar-refractivity contribution is 0.0270. The number of benzene rings is 2. The van der Waals surface area contributed by atoms with Crippen molar-refractivity contribution in [2.45, 2.75) is 23.8 Å². The summed E-state index contributed by atoms with van der Waals surface area (Å²) in [6, 6.07) is 12.9. The van der Waals surface area contributed by atoms with Crippen molar-refractivity contribution in [1.29, 1.82) is 0 Å². The number of aromatic nitrogens is 2.